The molecule has 0 amide bonds. The Morgan fingerprint density at radius 2 is 1.77 bits per heavy atom. The van der Waals surface area contributed by atoms with Crippen LogP contribution in [0.1, 0.15) is 26.3 Å². The van der Waals surface area contributed by atoms with Crippen LogP contribution in [0.4, 0.5) is 10.2 Å². The van der Waals surface area contributed by atoms with E-state index >= 15 is 0 Å². The van der Waals surface area contributed by atoms with E-state index in [0.717, 1.165) is 0 Å². The lowest BCUT2D eigenvalue weighted by Gasteiger charge is -2.15. The predicted molar refractivity (Wildman–Crippen MR) is 108 cm³/mol. The van der Waals surface area contributed by atoms with Crippen molar-refractivity contribution in [2.75, 3.05) is 12.8 Å². The molecule has 31 heavy (non-hydrogen) atoms. The van der Waals surface area contributed by atoms with Gasteiger partial charge in [0.05, 0.1) is 7.11 Å². The van der Waals surface area contributed by atoms with Crippen LogP contribution < -0.4 is 20.8 Å². The van der Waals surface area contributed by atoms with Gasteiger partial charge in [0, 0.05) is 5.56 Å². The second kappa shape index (κ2) is 8.57. The fraction of sp³-hybridized carbons (Fsp3) is 0.0952. The van der Waals surface area contributed by atoms with Crippen molar-refractivity contribution >= 4 is 17.8 Å². The van der Waals surface area contributed by atoms with Crippen LogP contribution in [0, 0.1) is 5.82 Å². The molecule has 5 N–H and O–H groups in total. The summed E-state index contributed by atoms with van der Waals surface area (Å²) in [4.78, 5) is 37.6. The molecule has 1 aromatic heterocycles. The highest BCUT2D eigenvalue weighted by Crippen LogP contribution is 2.36. The first-order valence-corrected chi connectivity index (χ1v) is 8.81. The number of carboxylic acids is 2. The van der Waals surface area contributed by atoms with Gasteiger partial charge in [0.1, 0.15) is 29.4 Å². The summed E-state index contributed by atoms with van der Waals surface area (Å²) in [5.41, 5.74) is 3.53. The molecular formula is C21H17FN2O7. The lowest BCUT2D eigenvalue weighted by atomic mass is 9.95. The molecular weight excluding hydrogens is 411 g/mol. The number of methoxy groups -OCH3 is 1. The Morgan fingerprint density at radius 1 is 1.06 bits per heavy atom. The van der Waals surface area contributed by atoms with E-state index in [1.165, 1.54) is 43.5 Å². The standard InChI is InChI=1S/C21H17FN2O7/c1-30-14-8-11(5-6-13(14)31-9-10-3-2-4-12(22)7-10)15-16(20(26)27)18(23)24-19(25)17(15)21(28)29/h2-8H,9H2,1H3,(H,26,27)(H,28,29)(H3,23,24,25). The van der Waals surface area contributed by atoms with Crippen LogP contribution in [0.25, 0.3) is 11.1 Å². The summed E-state index contributed by atoms with van der Waals surface area (Å²) in [5, 5.41) is 19.0. The third-order valence-corrected chi connectivity index (χ3v) is 4.41. The van der Waals surface area contributed by atoms with E-state index in [2.05, 4.69) is 0 Å². The molecule has 10 heteroatoms. The van der Waals surface area contributed by atoms with Crippen molar-refractivity contribution in [1.29, 1.82) is 0 Å². The third kappa shape index (κ3) is 4.32. The SMILES string of the molecule is COc1cc(-c2c(C(=O)O)c(N)[nH]c(=O)c2C(=O)O)ccc1OCc1cccc(F)c1. The van der Waals surface area contributed by atoms with Crippen LogP contribution in [0.15, 0.2) is 47.3 Å². The maximum Gasteiger partial charge on any atom is 0.342 e. The normalized spacial score (nSPS) is 10.5. The van der Waals surface area contributed by atoms with E-state index in [9.17, 15) is 29.0 Å². The number of hydrogen-bond donors (Lipinski definition) is 4. The molecule has 0 aliphatic carbocycles. The Labute approximate surface area is 174 Å². The molecule has 3 aromatic rings. The number of ether oxygens (including phenoxy) is 2. The molecule has 0 spiro atoms. The number of aromatic carboxylic acids is 2. The minimum atomic E-state index is -1.62. The van der Waals surface area contributed by atoms with Crippen LogP contribution in [0.5, 0.6) is 11.5 Å². The van der Waals surface area contributed by atoms with Gasteiger partial charge in [-0.15, -0.1) is 0 Å². The Bertz CT molecular complexity index is 1240. The van der Waals surface area contributed by atoms with E-state index in [1.54, 1.807) is 6.07 Å². The number of nitrogens with one attached hydrogen (secondary N) is 1. The Morgan fingerprint density at radius 3 is 2.39 bits per heavy atom. The lowest BCUT2D eigenvalue weighted by molar-refractivity contribution is 0.0695. The number of hydrogen-bond acceptors (Lipinski definition) is 6. The molecule has 0 saturated carbocycles. The number of benzene rings is 2. The number of carboxylic acid groups (broad SMARTS) is 2. The zero-order valence-corrected chi connectivity index (χ0v) is 16.1. The quantitative estimate of drug-likeness (QED) is 0.448. The lowest BCUT2D eigenvalue weighted by Crippen LogP contribution is -2.24. The summed E-state index contributed by atoms with van der Waals surface area (Å²) >= 11 is 0. The number of rotatable bonds is 7. The first-order valence-electron chi connectivity index (χ1n) is 8.81. The van der Waals surface area contributed by atoms with Gasteiger partial charge in [-0.1, -0.05) is 18.2 Å². The Kier molecular flexibility index (Phi) is 5.91. The molecule has 0 aliphatic heterocycles. The highest BCUT2D eigenvalue weighted by Gasteiger charge is 2.27. The fourth-order valence-electron chi connectivity index (χ4n) is 3.07. The molecule has 0 unspecified atom stereocenters. The molecule has 1 heterocycles. The molecule has 0 bridgehead atoms. The van der Waals surface area contributed by atoms with E-state index in [0.29, 0.717) is 5.56 Å². The number of nitrogen functional groups attached to an aromatic ring is 1. The molecule has 0 saturated heterocycles. The van der Waals surface area contributed by atoms with E-state index in [-0.39, 0.29) is 29.2 Å². The minimum absolute atomic E-state index is 0.0200. The van der Waals surface area contributed by atoms with Crippen LogP contribution in [0.2, 0.25) is 0 Å². The van der Waals surface area contributed by atoms with Gasteiger partial charge in [-0.2, -0.15) is 0 Å². The average molecular weight is 428 g/mol. The summed E-state index contributed by atoms with van der Waals surface area (Å²) in [5.74, 6) is -3.66. The summed E-state index contributed by atoms with van der Waals surface area (Å²) in [6, 6.07) is 9.92. The number of halogens is 1. The fourth-order valence-corrected chi connectivity index (χ4v) is 3.07. The first-order chi connectivity index (χ1) is 14.7. The monoisotopic (exact) mass is 428 g/mol. The predicted octanol–water partition coefficient (Wildman–Crippen LogP) is 2.75. The molecule has 0 fully saturated rings. The number of aromatic nitrogens is 1. The second-order valence-corrected chi connectivity index (χ2v) is 6.39. The summed E-state index contributed by atoms with van der Waals surface area (Å²) in [7, 11) is 1.33. The van der Waals surface area contributed by atoms with Gasteiger partial charge in [0.15, 0.2) is 11.5 Å². The van der Waals surface area contributed by atoms with Crippen molar-refractivity contribution in [3.8, 4) is 22.6 Å². The van der Waals surface area contributed by atoms with E-state index in [4.69, 9.17) is 15.2 Å². The molecule has 3 rings (SSSR count). The van der Waals surface area contributed by atoms with Gasteiger partial charge in [-0.05, 0) is 35.4 Å². The van der Waals surface area contributed by atoms with E-state index < -0.39 is 40.3 Å². The van der Waals surface area contributed by atoms with Gasteiger partial charge in [0.25, 0.3) is 5.56 Å². The van der Waals surface area contributed by atoms with Crippen molar-refractivity contribution in [2.24, 2.45) is 0 Å². The average Bonchev–Trinajstić information content (AvgIpc) is 2.71. The topological polar surface area (TPSA) is 152 Å². The van der Waals surface area contributed by atoms with Crippen molar-refractivity contribution < 1.29 is 33.7 Å². The van der Waals surface area contributed by atoms with Gasteiger partial charge < -0.3 is 30.4 Å². The van der Waals surface area contributed by atoms with Crippen LogP contribution in [-0.4, -0.2) is 34.2 Å². The Hall–Kier alpha value is -4.34. The highest BCUT2D eigenvalue weighted by molar-refractivity contribution is 6.07. The largest absolute Gasteiger partial charge is 0.493 e. The molecule has 0 radical (unpaired) electrons. The number of anilines is 1. The smallest absolute Gasteiger partial charge is 0.342 e. The van der Waals surface area contributed by atoms with Crippen molar-refractivity contribution in [1.82, 2.24) is 4.98 Å². The zero-order chi connectivity index (χ0) is 22.7. The molecule has 0 atom stereocenters. The number of carbonyl (C=O) groups is 2. The zero-order valence-electron chi connectivity index (χ0n) is 16.1. The van der Waals surface area contributed by atoms with Crippen molar-refractivity contribution in [3.63, 3.8) is 0 Å². The van der Waals surface area contributed by atoms with E-state index in [1.807, 2.05) is 4.98 Å². The number of H-pyrrole nitrogens is 1. The number of pyridine rings is 1. The third-order valence-electron chi connectivity index (χ3n) is 4.41. The van der Waals surface area contributed by atoms with Crippen LogP contribution >= 0.6 is 0 Å². The molecule has 9 nitrogen and oxygen atoms in total. The molecule has 2 aromatic carbocycles. The summed E-state index contributed by atoms with van der Waals surface area (Å²) in [6.45, 7) is 0.0200. The molecule has 160 valence electrons. The highest BCUT2D eigenvalue weighted by atomic mass is 19.1. The summed E-state index contributed by atoms with van der Waals surface area (Å²) in [6.07, 6.45) is 0. The van der Waals surface area contributed by atoms with Gasteiger partial charge in [0.2, 0.25) is 0 Å². The van der Waals surface area contributed by atoms with Gasteiger partial charge in [-0.25, -0.2) is 14.0 Å². The number of aromatic amines is 1. The maximum absolute atomic E-state index is 13.3. The van der Waals surface area contributed by atoms with Gasteiger partial charge >= 0.3 is 11.9 Å². The Balaban J connectivity index is 2.09. The maximum atomic E-state index is 13.3. The minimum Gasteiger partial charge on any atom is -0.493 e. The first kappa shape index (κ1) is 21.4. The molecule has 0 aliphatic rings. The van der Waals surface area contributed by atoms with Crippen LogP contribution in [-0.2, 0) is 6.61 Å². The van der Waals surface area contributed by atoms with Crippen molar-refractivity contribution in [2.45, 2.75) is 6.61 Å². The van der Waals surface area contributed by atoms with Gasteiger partial charge in [-0.3, -0.25) is 4.79 Å². The summed E-state index contributed by atoms with van der Waals surface area (Å²) < 4.78 is 24.3. The van der Waals surface area contributed by atoms with Crippen LogP contribution in [0.3, 0.4) is 0 Å². The number of nitrogens with two attached hydrogens (primary N) is 1. The second-order valence-electron chi connectivity index (χ2n) is 6.39. The van der Waals surface area contributed by atoms with Crippen molar-refractivity contribution in [3.05, 3.63) is 75.3 Å².